The van der Waals surface area contributed by atoms with Crippen molar-refractivity contribution in [2.45, 2.75) is 17.5 Å². The molecule has 0 radical (unpaired) electrons. The number of oxazole rings is 1. The predicted octanol–water partition coefficient (Wildman–Crippen LogP) is 2.53. The van der Waals surface area contributed by atoms with E-state index in [2.05, 4.69) is 15.2 Å². The quantitative estimate of drug-likeness (QED) is 0.721. The smallest absolute Gasteiger partial charge is 0.226 e. The highest BCUT2D eigenvalue weighted by atomic mass is 32.2. The van der Waals surface area contributed by atoms with Gasteiger partial charge in [-0.25, -0.2) is 13.8 Å². The van der Waals surface area contributed by atoms with E-state index in [1.165, 1.54) is 24.1 Å². The number of aromatic nitrogens is 4. The second-order valence-corrected chi connectivity index (χ2v) is 5.62. The van der Waals surface area contributed by atoms with E-state index in [-0.39, 0.29) is 12.5 Å². The summed E-state index contributed by atoms with van der Waals surface area (Å²) in [6, 6.07) is 3.46. The molecule has 0 fully saturated rings. The number of hydrogen-bond donors (Lipinski definition) is 1. The number of benzene rings is 1. The van der Waals surface area contributed by atoms with Crippen molar-refractivity contribution in [3.8, 4) is 11.5 Å². The number of aliphatic hydroxyl groups excluding tert-OH is 1. The molecule has 3 aromatic rings. The van der Waals surface area contributed by atoms with Gasteiger partial charge in [0.15, 0.2) is 22.6 Å². The van der Waals surface area contributed by atoms with Crippen LogP contribution in [-0.4, -0.2) is 24.9 Å². The van der Waals surface area contributed by atoms with E-state index in [0.717, 1.165) is 12.1 Å². The third kappa shape index (κ3) is 3.25. The summed E-state index contributed by atoms with van der Waals surface area (Å²) in [7, 11) is 1.75. The molecule has 6 nitrogen and oxygen atoms in total. The van der Waals surface area contributed by atoms with Gasteiger partial charge in [0.1, 0.15) is 12.9 Å². The predicted molar refractivity (Wildman–Crippen MR) is 78.3 cm³/mol. The Morgan fingerprint density at radius 2 is 2.09 bits per heavy atom. The van der Waals surface area contributed by atoms with Gasteiger partial charge in [0.25, 0.3) is 0 Å². The molecule has 1 N–H and O–H groups in total. The van der Waals surface area contributed by atoms with Gasteiger partial charge < -0.3 is 14.1 Å². The number of hydrogen-bond acceptors (Lipinski definition) is 6. The molecule has 0 aliphatic carbocycles. The lowest BCUT2D eigenvalue weighted by atomic mass is 10.2. The fourth-order valence-corrected chi connectivity index (χ4v) is 2.69. The van der Waals surface area contributed by atoms with E-state index in [1.54, 1.807) is 11.6 Å². The van der Waals surface area contributed by atoms with Crippen LogP contribution in [-0.2, 0) is 19.4 Å². The zero-order valence-electron chi connectivity index (χ0n) is 12.0. The third-order valence-corrected chi connectivity index (χ3v) is 4.19. The van der Waals surface area contributed by atoms with Crippen molar-refractivity contribution < 1.29 is 18.3 Å². The number of halogens is 2. The molecule has 0 saturated carbocycles. The van der Waals surface area contributed by atoms with Gasteiger partial charge in [-0.1, -0.05) is 11.8 Å². The Balaban J connectivity index is 1.71. The van der Waals surface area contributed by atoms with Crippen LogP contribution < -0.4 is 0 Å². The van der Waals surface area contributed by atoms with Crippen LogP contribution in [0, 0.1) is 11.6 Å². The lowest BCUT2D eigenvalue weighted by molar-refractivity contribution is 0.266. The van der Waals surface area contributed by atoms with Gasteiger partial charge in [0.2, 0.25) is 5.89 Å². The van der Waals surface area contributed by atoms with Gasteiger partial charge in [-0.2, -0.15) is 0 Å². The standard InChI is InChI=1S/C14H12F2N4O2S/c1-20-12(5-21)18-19-14(20)23-7-9-6-22-13(17-9)8-2-3-10(15)11(16)4-8/h2-4,6,21H,5,7H2,1H3. The van der Waals surface area contributed by atoms with Gasteiger partial charge in [0.05, 0.1) is 5.69 Å². The zero-order valence-corrected chi connectivity index (χ0v) is 12.8. The topological polar surface area (TPSA) is 77.0 Å². The first-order chi connectivity index (χ1) is 11.1. The minimum atomic E-state index is -0.952. The highest BCUT2D eigenvalue weighted by Gasteiger charge is 2.12. The summed E-state index contributed by atoms with van der Waals surface area (Å²) in [5.41, 5.74) is 0.990. The van der Waals surface area contributed by atoms with E-state index >= 15 is 0 Å². The molecule has 0 bridgehead atoms. The van der Waals surface area contributed by atoms with E-state index in [4.69, 9.17) is 9.52 Å². The molecule has 0 saturated heterocycles. The van der Waals surface area contributed by atoms with Gasteiger partial charge >= 0.3 is 0 Å². The van der Waals surface area contributed by atoms with Crippen molar-refractivity contribution in [1.82, 2.24) is 19.7 Å². The van der Waals surface area contributed by atoms with Crippen LogP contribution >= 0.6 is 11.8 Å². The molecular formula is C14H12F2N4O2S. The molecule has 0 aliphatic rings. The fraction of sp³-hybridized carbons (Fsp3) is 0.214. The van der Waals surface area contributed by atoms with Crippen molar-refractivity contribution in [3.05, 3.63) is 47.6 Å². The zero-order chi connectivity index (χ0) is 16.4. The first-order valence-electron chi connectivity index (χ1n) is 6.60. The Bertz CT molecular complexity index is 834. The summed E-state index contributed by atoms with van der Waals surface area (Å²) in [6.45, 7) is -0.186. The molecule has 0 amide bonds. The Morgan fingerprint density at radius 1 is 1.26 bits per heavy atom. The second-order valence-electron chi connectivity index (χ2n) is 4.68. The molecule has 1 aromatic carbocycles. The van der Waals surface area contributed by atoms with Crippen LogP contribution in [0.2, 0.25) is 0 Å². The van der Waals surface area contributed by atoms with Crippen molar-refractivity contribution in [1.29, 1.82) is 0 Å². The Hall–Kier alpha value is -2.26. The highest BCUT2D eigenvalue weighted by molar-refractivity contribution is 7.98. The normalized spacial score (nSPS) is 11.1. The second kappa shape index (κ2) is 6.47. The molecule has 3 rings (SSSR count). The molecule has 0 unspecified atom stereocenters. The van der Waals surface area contributed by atoms with Crippen LogP contribution in [0.5, 0.6) is 0 Å². The van der Waals surface area contributed by atoms with E-state index in [9.17, 15) is 8.78 Å². The van der Waals surface area contributed by atoms with Gasteiger partial charge in [0, 0.05) is 18.4 Å². The maximum Gasteiger partial charge on any atom is 0.226 e. The summed E-state index contributed by atoms with van der Waals surface area (Å²) in [4.78, 5) is 4.24. The molecule has 2 heterocycles. The molecule has 0 aliphatic heterocycles. The Morgan fingerprint density at radius 3 is 2.78 bits per heavy atom. The van der Waals surface area contributed by atoms with E-state index in [1.807, 2.05) is 0 Å². The molecule has 0 atom stereocenters. The average Bonchev–Trinajstić information content (AvgIpc) is 3.15. The molecule has 23 heavy (non-hydrogen) atoms. The van der Waals surface area contributed by atoms with Gasteiger partial charge in [-0.05, 0) is 18.2 Å². The fourth-order valence-electron chi connectivity index (χ4n) is 1.88. The minimum absolute atomic E-state index is 0.186. The maximum atomic E-state index is 13.2. The molecular weight excluding hydrogens is 326 g/mol. The average molecular weight is 338 g/mol. The van der Waals surface area contributed by atoms with Crippen molar-refractivity contribution in [3.63, 3.8) is 0 Å². The molecule has 9 heteroatoms. The molecule has 0 spiro atoms. The summed E-state index contributed by atoms with van der Waals surface area (Å²) >= 11 is 1.37. The van der Waals surface area contributed by atoms with Crippen LogP contribution in [0.4, 0.5) is 8.78 Å². The summed E-state index contributed by atoms with van der Waals surface area (Å²) in [5.74, 6) is -0.723. The highest BCUT2D eigenvalue weighted by Crippen LogP contribution is 2.25. The number of thioether (sulfide) groups is 1. The Labute approximate surface area is 134 Å². The lowest BCUT2D eigenvalue weighted by Gasteiger charge is -2.00. The Kier molecular flexibility index (Phi) is 4.39. The molecule has 2 aromatic heterocycles. The maximum absolute atomic E-state index is 13.2. The van der Waals surface area contributed by atoms with E-state index < -0.39 is 11.6 Å². The monoisotopic (exact) mass is 338 g/mol. The summed E-state index contributed by atoms with van der Waals surface area (Å²) < 4.78 is 33.1. The third-order valence-electron chi connectivity index (χ3n) is 3.13. The number of aliphatic hydroxyl groups is 1. The first kappa shape index (κ1) is 15.6. The van der Waals surface area contributed by atoms with Crippen LogP contribution in [0.3, 0.4) is 0 Å². The summed E-state index contributed by atoms with van der Waals surface area (Å²) in [5, 5.41) is 17.5. The number of rotatable bonds is 5. The van der Waals surface area contributed by atoms with Gasteiger partial charge in [-0.15, -0.1) is 10.2 Å². The van der Waals surface area contributed by atoms with Crippen LogP contribution in [0.15, 0.2) is 34.0 Å². The van der Waals surface area contributed by atoms with Crippen LogP contribution in [0.25, 0.3) is 11.5 Å². The minimum Gasteiger partial charge on any atom is -0.444 e. The lowest BCUT2D eigenvalue weighted by Crippen LogP contribution is -1.98. The van der Waals surface area contributed by atoms with Crippen molar-refractivity contribution >= 4 is 11.8 Å². The molecule has 120 valence electrons. The van der Waals surface area contributed by atoms with Gasteiger partial charge in [-0.3, -0.25) is 0 Å². The largest absolute Gasteiger partial charge is 0.444 e. The SMILES string of the molecule is Cn1c(CO)nnc1SCc1coc(-c2ccc(F)c(F)c2)n1. The van der Waals surface area contributed by atoms with E-state index in [0.29, 0.717) is 28.0 Å². The number of nitrogens with zero attached hydrogens (tertiary/aromatic N) is 4. The van der Waals surface area contributed by atoms with Crippen molar-refractivity contribution in [2.75, 3.05) is 0 Å². The van der Waals surface area contributed by atoms with Crippen LogP contribution in [0.1, 0.15) is 11.5 Å². The van der Waals surface area contributed by atoms with Crippen molar-refractivity contribution in [2.24, 2.45) is 7.05 Å². The first-order valence-corrected chi connectivity index (χ1v) is 7.59. The summed E-state index contributed by atoms with van der Waals surface area (Å²) in [6.07, 6.45) is 1.45.